The fourth-order valence-corrected chi connectivity index (χ4v) is 3.36. The van der Waals surface area contributed by atoms with Crippen LogP contribution in [0.3, 0.4) is 0 Å². The van der Waals surface area contributed by atoms with Crippen LogP contribution in [0.15, 0.2) is 53.6 Å². The first-order valence-electron chi connectivity index (χ1n) is 7.78. The highest BCUT2D eigenvalue weighted by Gasteiger charge is 2.17. The van der Waals surface area contributed by atoms with E-state index >= 15 is 0 Å². The fourth-order valence-electron chi connectivity index (χ4n) is 2.38. The van der Waals surface area contributed by atoms with Gasteiger partial charge in [-0.15, -0.1) is 0 Å². The lowest BCUT2D eigenvalue weighted by Gasteiger charge is -2.13. The van der Waals surface area contributed by atoms with Crippen LogP contribution in [0.4, 0.5) is 5.69 Å². The standard InChI is InChI=1S/C19H16N4OS/c1-12(18(24)23-15-7-5-6-14(10-15)11-20)25-19-16-8-3-4-9-17(16)21-13(2)22-19/h3-10,12H,1-2H3,(H,23,24)/t12-/m1/s1. The molecule has 0 saturated heterocycles. The second kappa shape index (κ2) is 7.32. The van der Waals surface area contributed by atoms with Gasteiger partial charge in [-0.05, 0) is 38.1 Å². The highest BCUT2D eigenvalue weighted by atomic mass is 32.2. The van der Waals surface area contributed by atoms with Gasteiger partial charge in [0.2, 0.25) is 5.91 Å². The molecule has 0 saturated carbocycles. The summed E-state index contributed by atoms with van der Waals surface area (Å²) in [5.41, 5.74) is 1.99. The number of para-hydroxylation sites is 1. The first kappa shape index (κ1) is 16.9. The number of carbonyl (C=O) groups excluding carboxylic acids is 1. The largest absolute Gasteiger partial charge is 0.325 e. The van der Waals surface area contributed by atoms with Gasteiger partial charge in [0, 0.05) is 11.1 Å². The number of carbonyl (C=O) groups is 1. The highest BCUT2D eigenvalue weighted by Crippen LogP contribution is 2.29. The monoisotopic (exact) mass is 348 g/mol. The lowest BCUT2D eigenvalue weighted by molar-refractivity contribution is -0.115. The van der Waals surface area contributed by atoms with Crippen LogP contribution in [0.5, 0.6) is 0 Å². The molecule has 1 amide bonds. The highest BCUT2D eigenvalue weighted by molar-refractivity contribution is 8.00. The molecule has 0 fully saturated rings. The van der Waals surface area contributed by atoms with E-state index in [1.54, 1.807) is 24.3 Å². The van der Waals surface area contributed by atoms with Crippen molar-refractivity contribution in [3.8, 4) is 6.07 Å². The van der Waals surface area contributed by atoms with Gasteiger partial charge in [-0.3, -0.25) is 4.79 Å². The maximum Gasteiger partial charge on any atom is 0.237 e. The Labute approximate surface area is 150 Å². The molecule has 1 atom stereocenters. The average molecular weight is 348 g/mol. The lowest BCUT2D eigenvalue weighted by Crippen LogP contribution is -2.22. The van der Waals surface area contributed by atoms with Gasteiger partial charge in [-0.2, -0.15) is 5.26 Å². The summed E-state index contributed by atoms with van der Waals surface area (Å²) in [6, 6.07) is 16.7. The molecule has 0 unspecified atom stereocenters. The van der Waals surface area contributed by atoms with E-state index in [-0.39, 0.29) is 11.2 Å². The molecule has 124 valence electrons. The summed E-state index contributed by atoms with van der Waals surface area (Å²) in [5, 5.41) is 13.2. The van der Waals surface area contributed by atoms with Crippen molar-refractivity contribution in [3.63, 3.8) is 0 Å². The number of amides is 1. The minimum Gasteiger partial charge on any atom is -0.325 e. The molecule has 0 aliphatic carbocycles. The molecule has 0 radical (unpaired) electrons. The maximum absolute atomic E-state index is 12.5. The van der Waals surface area contributed by atoms with E-state index in [0.717, 1.165) is 15.9 Å². The zero-order valence-electron chi connectivity index (χ0n) is 13.9. The molecule has 0 bridgehead atoms. The van der Waals surface area contributed by atoms with E-state index in [2.05, 4.69) is 21.4 Å². The molecule has 1 heterocycles. The summed E-state index contributed by atoms with van der Waals surface area (Å²) >= 11 is 1.40. The van der Waals surface area contributed by atoms with Gasteiger partial charge in [0.1, 0.15) is 10.9 Å². The SMILES string of the molecule is Cc1nc(S[C@H](C)C(=O)Nc2cccc(C#N)c2)c2ccccc2n1. The van der Waals surface area contributed by atoms with E-state index < -0.39 is 0 Å². The summed E-state index contributed by atoms with van der Waals surface area (Å²) in [6.07, 6.45) is 0. The van der Waals surface area contributed by atoms with Crippen molar-refractivity contribution >= 4 is 34.3 Å². The molecule has 5 nitrogen and oxygen atoms in total. The summed E-state index contributed by atoms with van der Waals surface area (Å²) in [5.74, 6) is 0.538. The molecule has 1 N–H and O–H groups in total. The molecular weight excluding hydrogens is 332 g/mol. The number of aromatic nitrogens is 2. The minimum absolute atomic E-state index is 0.138. The van der Waals surface area contributed by atoms with Crippen molar-refractivity contribution in [2.45, 2.75) is 24.1 Å². The van der Waals surface area contributed by atoms with Gasteiger partial charge in [-0.1, -0.05) is 36.0 Å². The van der Waals surface area contributed by atoms with Crippen LogP contribution < -0.4 is 5.32 Å². The smallest absolute Gasteiger partial charge is 0.237 e. The number of rotatable bonds is 4. The van der Waals surface area contributed by atoms with E-state index in [0.29, 0.717) is 17.1 Å². The maximum atomic E-state index is 12.5. The van der Waals surface area contributed by atoms with Crippen LogP contribution in [0.1, 0.15) is 18.3 Å². The van der Waals surface area contributed by atoms with Crippen LogP contribution in [-0.4, -0.2) is 21.1 Å². The number of thioether (sulfide) groups is 1. The third kappa shape index (κ3) is 3.95. The van der Waals surface area contributed by atoms with Crippen molar-refractivity contribution in [2.24, 2.45) is 0 Å². The number of nitrogens with zero attached hydrogens (tertiary/aromatic N) is 3. The first-order chi connectivity index (χ1) is 12.1. The van der Waals surface area contributed by atoms with E-state index in [9.17, 15) is 4.79 Å². The van der Waals surface area contributed by atoms with Crippen molar-refractivity contribution in [1.29, 1.82) is 5.26 Å². The zero-order valence-corrected chi connectivity index (χ0v) is 14.7. The van der Waals surface area contributed by atoms with E-state index in [1.807, 2.05) is 38.1 Å². The number of aryl methyl sites for hydroxylation is 1. The number of fused-ring (bicyclic) bond motifs is 1. The first-order valence-corrected chi connectivity index (χ1v) is 8.66. The van der Waals surface area contributed by atoms with Crippen LogP contribution >= 0.6 is 11.8 Å². The lowest BCUT2D eigenvalue weighted by atomic mass is 10.2. The summed E-state index contributed by atoms with van der Waals surface area (Å²) < 4.78 is 0. The van der Waals surface area contributed by atoms with Crippen LogP contribution in [0, 0.1) is 18.3 Å². The quantitative estimate of drug-likeness (QED) is 0.571. The summed E-state index contributed by atoms with van der Waals surface area (Å²) in [4.78, 5) is 21.4. The second-order valence-electron chi connectivity index (χ2n) is 5.54. The number of anilines is 1. The zero-order chi connectivity index (χ0) is 17.8. The Morgan fingerprint density at radius 1 is 1.20 bits per heavy atom. The molecule has 25 heavy (non-hydrogen) atoms. The summed E-state index contributed by atoms with van der Waals surface area (Å²) in [6.45, 7) is 3.68. The Bertz CT molecular complexity index is 981. The van der Waals surface area contributed by atoms with E-state index in [4.69, 9.17) is 5.26 Å². The molecule has 1 aromatic heterocycles. The number of hydrogen-bond acceptors (Lipinski definition) is 5. The van der Waals surface area contributed by atoms with Crippen LogP contribution in [0.2, 0.25) is 0 Å². The van der Waals surface area contributed by atoms with Gasteiger partial charge in [-0.25, -0.2) is 9.97 Å². The predicted octanol–water partition coefficient (Wildman–Crippen LogP) is 3.93. The van der Waals surface area contributed by atoms with E-state index in [1.165, 1.54) is 11.8 Å². The van der Waals surface area contributed by atoms with Gasteiger partial charge in [0.05, 0.1) is 22.4 Å². The third-order valence-corrected chi connectivity index (χ3v) is 4.70. The normalized spacial score (nSPS) is 11.7. The second-order valence-corrected chi connectivity index (χ2v) is 6.86. The topological polar surface area (TPSA) is 78.7 Å². The van der Waals surface area contributed by atoms with Crippen molar-refractivity contribution in [1.82, 2.24) is 9.97 Å². The molecule has 0 aliphatic rings. The average Bonchev–Trinajstić information content (AvgIpc) is 2.61. The Balaban J connectivity index is 1.79. The Hall–Kier alpha value is -2.91. The van der Waals surface area contributed by atoms with Crippen molar-refractivity contribution in [3.05, 3.63) is 59.9 Å². The Morgan fingerprint density at radius 3 is 2.80 bits per heavy atom. The Morgan fingerprint density at radius 2 is 2.00 bits per heavy atom. The fraction of sp³-hybridized carbons (Fsp3) is 0.158. The molecule has 0 aliphatic heterocycles. The number of hydrogen-bond donors (Lipinski definition) is 1. The minimum atomic E-state index is -0.344. The molecule has 2 aromatic carbocycles. The summed E-state index contributed by atoms with van der Waals surface area (Å²) in [7, 11) is 0. The van der Waals surface area contributed by atoms with Gasteiger partial charge < -0.3 is 5.32 Å². The molecule has 3 aromatic rings. The third-order valence-electron chi connectivity index (χ3n) is 3.60. The van der Waals surface area contributed by atoms with Gasteiger partial charge >= 0.3 is 0 Å². The number of nitrogens with one attached hydrogen (secondary N) is 1. The number of benzene rings is 2. The van der Waals surface area contributed by atoms with Crippen LogP contribution in [-0.2, 0) is 4.79 Å². The van der Waals surface area contributed by atoms with Crippen molar-refractivity contribution < 1.29 is 4.79 Å². The molecule has 3 rings (SSSR count). The van der Waals surface area contributed by atoms with Gasteiger partial charge in [0.15, 0.2) is 0 Å². The van der Waals surface area contributed by atoms with Gasteiger partial charge in [0.25, 0.3) is 0 Å². The predicted molar refractivity (Wildman–Crippen MR) is 99.4 cm³/mol. The molecular formula is C19H16N4OS. The molecule has 6 heteroatoms. The van der Waals surface area contributed by atoms with Crippen LogP contribution in [0.25, 0.3) is 10.9 Å². The number of nitriles is 1. The molecule has 0 spiro atoms. The Kier molecular flexibility index (Phi) is 4.96. The van der Waals surface area contributed by atoms with Crippen molar-refractivity contribution in [2.75, 3.05) is 5.32 Å².